The molecule has 1 aromatic heterocycles. The van der Waals surface area contributed by atoms with Crippen molar-refractivity contribution in [2.45, 2.75) is 6.61 Å². The van der Waals surface area contributed by atoms with Crippen LogP contribution in [0.2, 0.25) is 10.0 Å². The molecular weight excluding hydrogens is 477 g/mol. The van der Waals surface area contributed by atoms with Gasteiger partial charge in [0, 0.05) is 29.5 Å². The van der Waals surface area contributed by atoms with E-state index in [0.29, 0.717) is 44.7 Å². The molecule has 8 heteroatoms. The van der Waals surface area contributed by atoms with Gasteiger partial charge in [-0.1, -0.05) is 59.6 Å². The van der Waals surface area contributed by atoms with Crippen molar-refractivity contribution in [2.24, 2.45) is 4.99 Å². The zero-order chi connectivity index (χ0) is 23.2. The minimum Gasteiger partial charge on any atom is -0.489 e. The molecule has 1 aliphatic heterocycles. The maximum atomic E-state index is 13.0. The van der Waals surface area contributed by atoms with E-state index < -0.39 is 0 Å². The van der Waals surface area contributed by atoms with Crippen molar-refractivity contribution in [3.8, 4) is 5.75 Å². The van der Waals surface area contributed by atoms with E-state index in [1.54, 1.807) is 23.2 Å². The second-order valence-electron chi connectivity index (χ2n) is 6.99. The largest absolute Gasteiger partial charge is 0.489 e. The number of amides is 1. The normalized spacial score (nSPS) is 15.9. The summed E-state index contributed by atoms with van der Waals surface area (Å²) >= 11 is 13.7. The van der Waals surface area contributed by atoms with Gasteiger partial charge in [0.25, 0.3) is 5.91 Å². The first kappa shape index (κ1) is 23.1. The lowest BCUT2D eigenvalue weighted by atomic mass is 10.2. The van der Waals surface area contributed by atoms with Crippen LogP contribution in [0.4, 0.5) is 5.69 Å². The van der Waals surface area contributed by atoms with E-state index in [1.807, 2.05) is 54.6 Å². The molecular formula is C25H19Cl2N3O2S. The van der Waals surface area contributed by atoms with Crippen LogP contribution >= 0.6 is 35.0 Å². The first-order valence-corrected chi connectivity index (χ1v) is 11.6. The first-order valence-electron chi connectivity index (χ1n) is 10.0. The molecule has 3 aromatic rings. The highest BCUT2D eigenvalue weighted by atomic mass is 35.5. The number of rotatable bonds is 7. The van der Waals surface area contributed by atoms with Gasteiger partial charge >= 0.3 is 0 Å². The van der Waals surface area contributed by atoms with Crippen molar-refractivity contribution in [2.75, 3.05) is 6.54 Å². The molecule has 4 rings (SSSR count). The van der Waals surface area contributed by atoms with Gasteiger partial charge in [-0.3, -0.25) is 14.7 Å². The Bertz CT molecular complexity index is 1240. The lowest BCUT2D eigenvalue weighted by Gasteiger charge is -2.12. The van der Waals surface area contributed by atoms with Crippen LogP contribution in [0.1, 0.15) is 11.1 Å². The van der Waals surface area contributed by atoms with Crippen molar-refractivity contribution in [3.63, 3.8) is 0 Å². The van der Waals surface area contributed by atoms with Gasteiger partial charge in [-0.05, 0) is 47.7 Å². The molecule has 0 bridgehead atoms. The zero-order valence-corrected chi connectivity index (χ0v) is 19.8. The number of pyridine rings is 1. The Kier molecular flexibility index (Phi) is 7.50. The molecule has 1 aliphatic rings. The van der Waals surface area contributed by atoms with Gasteiger partial charge in [-0.15, -0.1) is 6.58 Å². The van der Waals surface area contributed by atoms with Gasteiger partial charge in [0.2, 0.25) is 0 Å². The lowest BCUT2D eigenvalue weighted by Crippen LogP contribution is -2.29. The monoisotopic (exact) mass is 495 g/mol. The number of aliphatic imine (C=N–C) groups is 1. The number of ether oxygens (including phenoxy) is 1. The van der Waals surface area contributed by atoms with Crippen LogP contribution in [0.15, 0.2) is 89.5 Å². The molecule has 1 saturated heterocycles. The molecule has 33 heavy (non-hydrogen) atoms. The fraction of sp³-hybridized carbons (Fsp3) is 0.0800. The summed E-state index contributed by atoms with van der Waals surface area (Å²) in [5.74, 6) is 0.577. The van der Waals surface area contributed by atoms with E-state index in [2.05, 4.69) is 16.6 Å². The first-order chi connectivity index (χ1) is 16.0. The fourth-order valence-corrected chi connectivity index (χ4v) is 4.38. The molecule has 0 unspecified atom stereocenters. The molecule has 0 atom stereocenters. The Morgan fingerprint density at radius 3 is 2.61 bits per heavy atom. The summed E-state index contributed by atoms with van der Waals surface area (Å²) in [5.41, 5.74) is 2.34. The van der Waals surface area contributed by atoms with Crippen LogP contribution in [-0.2, 0) is 11.4 Å². The molecule has 1 amide bonds. The predicted molar refractivity (Wildman–Crippen MR) is 136 cm³/mol. The summed E-state index contributed by atoms with van der Waals surface area (Å²) in [4.78, 5) is 23.6. The summed E-state index contributed by atoms with van der Waals surface area (Å²) in [7, 11) is 0. The molecule has 5 nitrogen and oxygen atoms in total. The van der Waals surface area contributed by atoms with Crippen LogP contribution in [0.3, 0.4) is 0 Å². The molecule has 2 aromatic carbocycles. The van der Waals surface area contributed by atoms with Crippen LogP contribution in [0.5, 0.6) is 5.75 Å². The second-order valence-corrected chi connectivity index (χ2v) is 8.81. The Balaban J connectivity index is 1.51. The van der Waals surface area contributed by atoms with Gasteiger partial charge in [0.15, 0.2) is 5.17 Å². The molecule has 0 radical (unpaired) electrons. The number of thioether (sulfide) groups is 1. The van der Waals surface area contributed by atoms with Gasteiger partial charge in [-0.25, -0.2) is 4.99 Å². The van der Waals surface area contributed by atoms with E-state index in [1.165, 1.54) is 18.0 Å². The van der Waals surface area contributed by atoms with Crippen LogP contribution < -0.4 is 4.74 Å². The Morgan fingerprint density at radius 2 is 1.88 bits per heavy atom. The predicted octanol–water partition coefficient (Wildman–Crippen LogP) is 6.76. The van der Waals surface area contributed by atoms with E-state index in [9.17, 15) is 4.79 Å². The van der Waals surface area contributed by atoms with Crippen LogP contribution in [0.25, 0.3) is 6.08 Å². The minimum absolute atomic E-state index is 0.136. The molecule has 1 fully saturated rings. The molecule has 0 spiro atoms. The topological polar surface area (TPSA) is 54.8 Å². The lowest BCUT2D eigenvalue weighted by molar-refractivity contribution is -0.121. The summed E-state index contributed by atoms with van der Waals surface area (Å²) in [6.07, 6.45) is 6.62. The minimum atomic E-state index is -0.136. The summed E-state index contributed by atoms with van der Waals surface area (Å²) in [6, 6.07) is 16.8. The molecule has 0 N–H and O–H groups in total. The highest BCUT2D eigenvalue weighted by Crippen LogP contribution is 2.35. The summed E-state index contributed by atoms with van der Waals surface area (Å²) < 4.78 is 5.83. The quantitative estimate of drug-likeness (QED) is 0.268. The SMILES string of the molecule is C=CCN1C(=O)/C(=C/c2ccc(OCc3ccccc3Cl)cc2)SC1=Nc1ccncc1Cl. The molecule has 0 saturated carbocycles. The van der Waals surface area contributed by atoms with E-state index in [-0.39, 0.29) is 5.91 Å². The number of benzene rings is 2. The maximum absolute atomic E-state index is 13.0. The fourth-order valence-electron chi connectivity index (χ4n) is 3.03. The Labute approximate surface area is 206 Å². The number of amidine groups is 1. The smallest absolute Gasteiger partial charge is 0.267 e. The molecule has 166 valence electrons. The van der Waals surface area contributed by atoms with Gasteiger partial charge in [0.1, 0.15) is 12.4 Å². The third-order valence-corrected chi connectivity index (χ3v) is 6.36. The maximum Gasteiger partial charge on any atom is 0.267 e. The van der Waals surface area contributed by atoms with E-state index in [4.69, 9.17) is 27.9 Å². The van der Waals surface area contributed by atoms with Crippen LogP contribution in [0, 0.1) is 0 Å². The van der Waals surface area contributed by atoms with Crippen molar-refractivity contribution < 1.29 is 9.53 Å². The van der Waals surface area contributed by atoms with Crippen molar-refractivity contribution >= 4 is 57.8 Å². The zero-order valence-electron chi connectivity index (χ0n) is 17.4. The van der Waals surface area contributed by atoms with Gasteiger partial charge < -0.3 is 4.74 Å². The standard InChI is InChI=1S/C25H19Cl2N3O2S/c1-2-13-30-24(31)23(33-25(30)29-22-11-12-28-15-21(22)27)14-17-7-9-19(10-8-17)32-16-18-5-3-4-6-20(18)26/h2-12,14-15H,1,13,16H2/b23-14-,29-25?. The van der Waals surface area contributed by atoms with Crippen LogP contribution in [-0.4, -0.2) is 27.5 Å². The number of hydrogen-bond acceptors (Lipinski definition) is 5. The number of aromatic nitrogens is 1. The van der Waals surface area contributed by atoms with Gasteiger partial charge in [0.05, 0.1) is 15.6 Å². The Morgan fingerprint density at radius 1 is 1.09 bits per heavy atom. The highest BCUT2D eigenvalue weighted by Gasteiger charge is 2.32. The second kappa shape index (κ2) is 10.7. The van der Waals surface area contributed by atoms with Crippen molar-refractivity contribution in [3.05, 3.63) is 106 Å². The average Bonchev–Trinajstić information content (AvgIpc) is 3.10. The number of carbonyl (C=O) groups excluding carboxylic acids is 1. The van der Waals surface area contributed by atoms with Gasteiger partial charge in [-0.2, -0.15) is 0 Å². The number of halogens is 2. The van der Waals surface area contributed by atoms with Crippen molar-refractivity contribution in [1.82, 2.24) is 9.88 Å². The molecule has 0 aliphatic carbocycles. The van der Waals surface area contributed by atoms with E-state index >= 15 is 0 Å². The number of nitrogens with zero attached hydrogens (tertiary/aromatic N) is 3. The number of carbonyl (C=O) groups is 1. The Hall–Kier alpha value is -3.06. The summed E-state index contributed by atoms with van der Waals surface area (Å²) in [6.45, 7) is 4.47. The summed E-state index contributed by atoms with van der Waals surface area (Å²) in [5, 5.41) is 1.63. The highest BCUT2D eigenvalue weighted by molar-refractivity contribution is 8.18. The third-order valence-electron chi connectivity index (χ3n) is 4.70. The average molecular weight is 496 g/mol. The van der Waals surface area contributed by atoms with E-state index in [0.717, 1.165) is 11.1 Å². The third kappa shape index (κ3) is 5.66. The van der Waals surface area contributed by atoms with Crippen molar-refractivity contribution in [1.29, 1.82) is 0 Å². The number of hydrogen-bond donors (Lipinski definition) is 0. The molecule has 2 heterocycles.